The Morgan fingerprint density at radius 3 is 2.58 bits per heavy atom. The molecule has 0 bridgehead atoms. The summed E-state index contributed by atoms with van der Waals surface area (Å²) in [6.45, 7) is 9.88. The number of hydrogen-bond donors (Lipinski definition) is 1. The van der Waals surface area contributed by atoms with Crippen LogP contribution >= 0.6 is 12.6 Å². The highest BCUT2D eigenvalue weighted by Gasteiger charge is 2.17. The van der Waals surface area contributed by atoms with Gasteiger partial charge in [-0.3, -0.25) is 4.79 Å². The van der Waals surface area contributed by atoms with Crippen LogP contribution in [0.15, 0.2) is 0 Å². The fourth-order valence-corrected chi connectivity index (χ4v) is 0.682. The molecule has 0 amide bonds. The number of rotatable bonds is 5. The van der Waals surface area contributed by atoms with E-state index < -0.39 is 5.41 Å². The summed E-state index contributed by atoms with van der Waals surface area (Å²) in [4.78, 5) is 10.9. The molecule has 0 aromatic heterocycles. The Bertz CT molecular complexity index is 143. The average Bonchev–Trinajstić information content (AvgIpc) is 2.02. The minimum Gasteiger partial charge on any atom is -0.465 e. The molecule has 2 radical (unpaired) electrons. The van der Waals surface area contributed by atoms with Gasteiger partial charge in [0.2, 0.25) is 0 Å². The number of esters is 1. The van der Waals surface area contributed by atoms with Gasteiger partial charge in [0.1, 0.15) is 0 Å². The quantitative estimate of drug-likeness (QED) is 0.527. The van der Waals surface area contributed by atoms with E-state index in [9.17, 15) is 4.79 Å². The van der Waals surface area contributed by atoms with E-state index in [1.165, 1.54) is 0 Å². The summed E-state index contributed by atoms with van der Waals surface area (Å²) >= 11 is 3.92. The third-order valence-electron chi connectivity index (χ3n) is 1.61. The molecule has 0 aliphatic carbocycles. The smallest absolute Gasteiger partial charge is 0.306 e. The number of hydrogen-bond acceptors (Lipinski definition) is 3. The van der Waals surface area contributed by atoms with Crippen LogP contribution in [0.2, 0.25) is 0 Å². The Kier molecular flexibility index (Phi) is 5.38. The van der Waals surface area contributed by atoms with Crippen molar-refractivity contribution >= 4 is 18.6 Å². The molecule has 3 heteroatoms. The Balaban J connectivity index is 3.60. The molecule has 0 saturated carbocycles. The van der Waals surface area contributed by atoms with Gasteiger partial charge < -0.3 is 4.74 Å². The molecule has 0 N–H and O–H groups in total. The van der Waals surface area contributed by atoms with Crippen molar-refractivity contribution in [2.75, 3.05) is 12.4 Å². The molecular formula is C9H16O2S. The van der Waals surface area contributed by atoms with E-state index in [4.69, 9.17) is 4.74 Å². The van der Waals surface area contributed by atoms with Crippen molar-refractivity contribution in [2.24, 2.45) is 5.41 Å². The maximum atomic E-state index is 10.9. The molecule has 0 aliphatic rings. The van der Waals surface area contributed by atoms with Crippen LogP contribution in [0.25, 0.3) is 0 Å². The van der Waals surface area contributed by atoms with Gasteiger partial charge in [-0.05, 0) is 20.3 Å². The zero-order chi connectivity index (χ0) is 9.61. The van der Waals surface area contributed by atoms with E-state index in [2.05, 4.69) is 26.5 Å². The molecule has 0 aliphatic heterocycles. The van der Waals surface area contributed by atoms with Crippen LogP contribution in [0.5, 0.6) is 0 Å². The normalized spacial score (nSPS) is 11.3. The van der Waals surface area contributed by atoms with Crippen molar-refractivity contribution in [3.8, 4) is 0 Å². The van der Waals surface area contributed by atoms with Gasteiger partial charge in [0.05, 0.1) is 13.0 Å². The van der Waals surface area contributed by atoms with E-state index in [0.717, 1.165) is 6.42 Å². The van der Waals surface area contributed by atoms with Crippen LogP contribution in [0.4, 0.5) is 0 Å². The minimum absolute atomic E-state index is 0.227. The molecule has 0 spiro atoms. The van der Waals surface area contributed by atoms with E-state index in [1.807, 2.05) is 6.92 Å². The SMILES string of the molecule is [CH2]C([CH2])(CC)COC(=O)CCS. The first-order valence-corrected chi connectivity index (χ1v) is 4.62. The van der Waals surface area contributed by atoms with Crippen molar-refractivity contribution in [1.29, 1.82) is 0 Å². The van der Waals surface area contributed by atoms with Crippen molar-refractivity contribution in [3.63, 3.8) is 0 Å². The molecule has 2 nitrogen and oxygen atoms in total. The number of carbonyl (C=O) groups excluding carboxylic acids is 1. The first-order valence-electron chi connectivity index (χ1n) is 3.99. The summed E-state index contributed by atoms with van der Waals surface area (Å²) in [6, 6.07) is 0. The Labute approximate surface area is 80.1 Å². The summed E-state index contributed by atoms with van der Waals surface area (Å²) in [6.07, 6.45) is 1.14. The highest BCUT2D eigenvalue weighted by Crippen LogP contribution is 2.18. The van der Waals surface area contributed by atoms with Gasteiger partial charge >= 0.3 is 5.97 Å². The lowest BCUT2D eigenvalue weighted by Crippen LogP contribution is -2.21. The minimum atomic E-state index is -0.397. The molecule has 0 fully saturated rings. The molecule has 12 heavy (non-hydrogen) atoms. The summed E-state index contributed by atoms with van der Waals surface area (Å²) in [5, 5.41) is 0. The van der Waals surface area contributed by atoms with Crippen LogP contribution in [0.1, 0.15) is 19.8 Å². The lowest BCUT2D eigenvalue weighted by atomic mass is 9.92. The monoisotopic (exact) mass is 188 g/mol. The van der Waals surface area contributed by atoms with Crippen LogP contribution in [0, 0.1) is 19.3 Å². The fourth-order valence-electron chi connectivity index (χ4n) is 0.499. The van der Waals surface area contributed by atoms with E-state index >= 15 is 0 Å². The van der Waals surface area contributed by atoms with Gasteiger partial charge in [0, 0.05) is 11.2 Å². The molecule has 0 saturated heterocycles. The van der Waals surface area contributed by atoms with Crippen molar-refractivity contribution < 1.29 is 9.53 Å². The van der Waals surface area contributed by atoms with Crippen molar-refractivity contribution in [3.05, 3.63) is 13.8 Å². The van der Waals surface area contributed by atoms with E-state index in [-0.39, 0.29) is 12.6 Å². The molecule has 0 aromatic rings. The molecule has 0 aromatic carbocycles. The highest BCUT2D eigenvalue weighted by molar-refractivity contribution is 7.80. The summed E-state index contributed by atoms with van der Waals surface area (Å²) in [7, 11) is 0. The van der Waals surface area contributed by atoms with Gasteiger partial charge in [0.25, 0.3) is 0 Å². The predicted octanol–water partition coefficient (Wildman–Crippen LogP) is 1.91. The maximum Gasteiger partial charge on any atom is 0.306 e. The maximum absolute atomic E-state index is 10.9. The lowest BCUT2D eigenvalue weighted by molar-refractivity contribution is -0.145. The van der Waals surface area contributed by atoms with Crippen LogP contribution < -0.4 is 0 Å². The second kappa shape index (κ2) is 5.46. The summed E-state index contributed by atoms with van der Waals surface area (Å²) in [5.74, 6) is 0.293. The summed E-state index contributed by atoms with van der Waals surface area (Å²) in [5.41, 5.74) is -0.397. The van der Waals surface area contributed by atoms with Crippen LogP contribution in [-0.4, -0.2) is 18.3 Å². The van der Waals surface area contributed by atoms with E-state index in [1.54, 1.807) is 0 Å². The highest BCUT2D eigenvalue weighted by atomic mass is 32.1. The lowest BCUT2D eigenvalue weighted by Gasteiger charge is -2.21. The second-order valence-corrected chi connectivity index (χ2v) is 3.44. The number of thiol groups is 1. The topological polar surface area (TPSA) is 26.3 Å². The third kappa shape index (κ3) is 5.47. The number of carbonyl (C=O) groups is 1. The molecule has 0 unspecified atom stereocenters. The average molecular weight is 188 g/mol. The summed E-state index contributed by atoms with van der Waals surface area (Å²) < 4.78 is 4.93. The standard InChI is InChI=1S/C9H16O2S/c1-4-9(2,3)7-11-8(10)5-6-12/h12H,2-7H2,1H3. The third-order valence-corrected chi connectivity index (χ3v) is 1.83. The second-order valence-electron chi connectivity index (χ2n) is 2.99. The zero-order valence-electron chi connectivity index (χ0n) is 7.51. The van der Waals surface area contributed by atoms with Gasteiger partial charge in [-0.1, -0.05) is 6.92 Å². The van der Waals surface area contributed by atoms with Gasteiger partial charge in [-0.2, -0.15) is 12.6 Å². The van der Waals surface area contributed by atoms with Gasteiger partial charge in [-0.25, -0.2) is 0 Å². The number of ether oxygens (including phenoxy) is 1. The van der Waals surface area contributed by atoms with Crippen molar-refractivity contribution in [1.82, 2.24) is 0 Å². The Hall–Kier alpha value is -0.180. The Morgan fingerprint density at radius 1 is 1.58 bits per heavy atom. The molecule has 0 rings (SSSR count). The van der Waals surface area contributed by atoms with Gasteiger partial charge in [-0.15, -0.1) is 0 Å². The fraction of sp³-hybridized carbons (Fsp3) is 0.667. The molecular weight excluding hydrogens is 172 g/mol. The zero-order valence-corrected chi connectivity index (χ0v) is 8.40. The largest absolute Gasteiger partial charge is 0.465 e. The molecule has 0 atom stereocenters. The van der Waals surface area contributed by atoms with Gasteiger partial charge in [0.15, 0.2) is 0 Å². The molecule has 0 heterocycles. The van der Waals surface area contributed by atoms with Crippen molar-refractivity contribution in [2.45, 2.75) is 19.8 Å². The Morgan fingerprint density at radius 2 is 2.17 bits per heavy atom. The predicted molar refractivity (Wildman–Crippen MR) is 52.9 cm³/mol. The van der Waals surface area contributed by atoms with Crippen LogP contribution in [-0.2, 0) is 9.53 Å². The van der Waals surface area contributed by atoms with E-state index in [0.29, 0.717) is 12.2 Å². The first kappa shape index (κ1) is 11.8. The van der Waals surface area contributed by atoms with Crippen LogP contribution in [0.3, 0.4) is 0 Å². The first-order chi connectivity index (χ1) is 5.52. The molecule has 70 valence electrons.